The Morgan fingerprint density at radius 1 is 1.15 bits per heavy atom. The number of hydrogen-bond acceptors (Lipinski definition) is 4. The van der Waals surface area contributed by atoms with Crippen LogP contribution < -0.4 is 14.8 Å². The zero-order valence-corrected chi connectivity index (χ0v) is 15.2. The van der Waals surface area contributed by atoms with Gasteiger partial charge in [-0.25, -0.2) is 0 Å². The van der Waals surface area contributed by atoms with Crippen molar-refractivity contribution >= 4 is 17.0 Å². The van der Waals surface area contributed by atoms with Gasteiger partial charge in [0.1, 0.15) is 18.1 Å². The second-order valence-electron chi connectivity index (χ2n) is 6.23. The van der Waals surface area contributed by atoms with Crippen LogP contribution in [-0.4, -0.2) is 13.0 Å². The Hall–Kier alpha value is -2.67. The average molecular weight is 391 g/mol. The van der Waals surface area contributed by atoms with Crippen molar-refractivity contribution in [3.8, 4) is 22.6 Å². The largest absolute Gasteiger partial charge is 0.573 e. The number of ether oxygens (including phenoxy) is 2. The van der Waals surface area contributed by atoms with Crippen LogP contribution in [0.1, 0.15) is 16.5 Å². The van der Waals surface area contributed by atoms with Gasteiger partial charge in [0, 0.05) is 10.4 Å². The zero-order valence-electron chi connectivity index (χ0n) is 14.3. The van der Waals surface area contributed by atoms with Gasteiger partial charge < -0.3 is 14.8 Å². The number of rotatable bonds is 3. The molecule has 0 spiro atoms. The number of alkyl halides is 3. The van der Waals surface area contributed by atoms with Crippen molar-refractivity contribution in [2.24, 2.45) is 0 Å². The zero-order chi connectivity index (χ0) is 19.0. The molecule has 0 radical (unpaired) electrons. The number of halogens is 3. The van der Waals surface area contributed by atoms with Gasteiger partial charge in [-0.15, -0.1) is 24.5 Å². The predicted octanol–water partition coefficient (Wildman–Crippen LogP) is 6.17. The first kappa shape index (κ1) is 17.7. The SMILES string of the molecule is Cc1ccsc1C1COc2c(cccc2-c2cccc(OC(F)(F)F)c2)N1. The Bertz CT molecular complexity index is 968. The highest BCUT2D eigenvalue weighted by Crippen LogP contribution is 2.43. The third kappa shape index (κ3) is 3.73. The molecule has 1 N–H and O–H groups in total. The normalized spacial score (nSPS) is 16.2. The van der Waals surface area contributed by atoms with Gasteiger partial charge in [0.2, 0.25) is 0 Å². The van der Waals surface area contributed by atoms with E-state index in [1.807, 2.05) is 23.6 Å². The molecule has 1 unspecified atom stereocenters. The minimum atomic E-state index is -4.72. The van der Waals surface area contributed by atoms with Gasteiger partial charge in [0.05, 0.1) is 11.7 Å². The highest BCUT2D eigenvalue weighted by atomic mass is 32.1. The minimum Gasteiger partial charge on any atom is -0.488 e. The summed E-state index contributed by atoms with van der Waals surface area (Å²) in [5, 5.41) is 5.52. The molecular weight excluding hydrogens is 375 g/mol. The summed E-state index contributed by atoms with van der Waals surface area (Å²) in [7, 11) is 0. The summed E-state index contributed by atoms with van der Waals surface area (Å²) < 4.78 is 47.6. The fourth-order valence-electron chi connectivity index (χ4n) is 3.17. The van der Waals surface area contributed by atoms with Crippen LogP contribution >= 0.6 is 11.3 Å². The molecule has 3 aromatic rings. The molecule has 2 aromatic carbocycles. The van der Waals surface area contributed by atoms with Crippen molar-refractivity contribution in [1.82, 2.24) is 0 Å². The van der Waals surface area contributed by atoms with Crippen LogP contribution in [0.15, 0.2) is 53.9 Å². The molecule has 1 atom stereocenters. The van der Waals surface area contributed by atoms with Gasteiger partial charge in [0.25, 0.3) is 0 Å². The summed E-state index contributed by atoms with van der Waals surface area (Å²) >= 11 is 1.67. The average Bonchev–Trinajstić information content (AvgIpc) is 3.05. The van der Waals surface area contributed by atoms with Crippen molar-refractivity contribution in [2.45, 2.75) is 19.3 Å². The number of nitrogens with one attached hydrogen (secondary N) is 1. The van der Waals surface area contributed by atoms with E-state index in [9.17, 15) is 13.2 Å². The molecule has 3 nitrogen and oxygen atoms in total. The Kier molecular flexibility index (Phi) is 4.47. The summed E-state index contributed by atoms with van der Waals surface area (Å²) in [5.41, 5.74) is 3.34. The van der Waals surface area contributed by atoms with Gasteiger partial charge in [-0.2, -0.15) is 0 Å². The molecule has 0 bridgehead atoms. The van der Waals surface area contributed by atoms with E-state index in [1.54, 1.807) is 17.4 Å². The van der Waals surface area contributed by atoms with Crippen LogP contribution in [0.2, 0.25) is 0 Å². The maximum Gasteiger partial charge on any atom is 0.573 e. The van der Waals surface area contributed by atoms with Crippen LogP contribution in [0.25, 0.3) is 11.1 Å². The third-order valence-electron chi connectivity index (χ3n) is 4.34. The predicted molar refractivity (Wildman–Crippen MR) is 99.5 cm³/mol. The van der Waals surface area contributed by atoms with E-state index in [4.69, 9.17) is 4.74 Å². The maximum absolute atomic E-state index is 12.5. The second-order valence-corrected chi connectivity index (χ2v) is 7.18. The number of anilines is 1. The van der Waals surface area contributed by atoms with Gasteiger partial charge in [-0.05, 0) is 47.7 Å². The molecule has 1 aliphatic heterocycles. The first-order valence-corrected chi connectivity index (χ1v) is 9.21. The fourth-order valence-corrected chi connectivity index (χ4v) is 4.14. The highest BCUT2D eigenvalue weighted by Gasteiger charge is 2.31. The lowest BCUT2D eigenvalue weighted by molar-refractivity contribution is -0.274. The van der Waals surface area contributed by atoms with Crippen LogP contribution in [0, 0.1) is 6.92 Å². The number of para-hydroxylation sites is 1. The van der Waals surface area contributed by atoms with E-state index in [0.717, 1.165) is 5.69 Å². The van der Waals surface area contributed by atoms with Crippen molar-refractivity contribution in [3.05, 3.63) is 64.4 Å². The molecule has 4 rings (SSSR count). The molecule has 1 aromatic heterocycles. The number of fused-ring (bicyclic) bond motifs is 1. The van der Waals surface area contributed by atoms with Crippen molar-refractivity contribution in [3.63, 3.8) is 0 Å². The monoisotopic (exact) mass is 391 g/mol. The van der Waals surface area contributed by atoms with Gasteiger partial charge in [-0.1, -0.05) is 24.3 Å². The van der Waals surface area contributed by atoms with E-state index < -0.39 is 6.36 Å². The number of aryl methyl sites for hydroxylation is 1. The molecule has 0 amide bonds. The third-order valence-corrected chi connectivity index (χ3v) is 5.47. The Labute approximate surface area is 158 Å². The molecule has 1 aliphatic rings. The molecule has 0 saturated heterocycles. The van der Waals surface area contributed by atoms with Crippen LogP contribution in [0.3, 0.4) is 0 Å². The molecule has 140 valence electrons. The molecule has 0 saturated carbocycles. The van der Waals surface area contributed by atoms with Gasteiger partial charge >= 0.3 is 6.36 Å². The van der Waals surface area contributed by atoms with Crippen LogP contribution in [-0.2, 0) is 0 Å². The lowest BCUT2D eigenvalue weighted by atomic mass is 10.0. The smallest absolute Gasteiger partial charge is 0.488 e. The molecule has 27 heavy (non-hydrogen) atoms. The van der Waals surface area contributed by atoms with Crippen LogP contribution in [0.5, 0.6) is 11.5 Å². The van der Waals surface area contributed by atoms with Gasteiger partial charge in [0.15, 0.2) is 0 Å². The Balaban J connectivity index is 1.66. The van der Waals surface area contributed by atoms with Crippen molar-refractivity contribution in [1.29, 1.82) is 0 Å². The van der Waals surface area contributed by atoms with E-state index >= 15 is 0 Å². The van der Waals surface area contributed by atoms with E-state index in [0.29, 0.717) is 23.5 Å². The van der Waals surface area contributed by atoms with E-state index in [2.05, 4.69) is 23.0 Å². The highest BCUT2D eigenvalue weighted by molar-refractivity contribution is 7.10. The number of hydrogen-bond donors (Lipinski definition) is 1. The second kappa shape index (κ2) is 6.81. The first-order chi connectivity index (χ1) is 12.9. The minimum absolute atomic E-state index is 0.0487. The van der Waals surface area contributed by atoms with Crippen molar-refractivity contribution in [2.75, 3.05) is 11.9 Å². The molecule has 0 aliphatic carbocycles. The van der Waals surface area contributed by atoms with E-state index in [-0.39, 0.29) is 11.8 Å². The lowest BCUT2D eigenvalue weighted by Crippen LogP contribution is -2.24. The standard InChI is InChI=1S/C20H16F3NO2S/c1-12-8-9-27-19(12)17-11-25-18-15(6-3-7-16(18)24-17)13-4-2-5-14(10-13)26-20(21,22)23/h2-10,17,24H,11H2,1H3. The topological polar surface area (TPSA) is 30.5 Å². The summed E-state index contributed by atoms with van der Waals surface area (Å²) in [6, 6.07) is 13.6. The molecular formula is C20H16F3NO2S. The number of thiophene rings is 1. The van der Waals surface area contributed by atoms with Crippen molar-refractivity contribution < 1.29 is 22.6 Å². The lowest BCUT2D eigenvalue weighted by Gasteiger charge is -2.29. The van der Waals surface area contributed by atoms with E-state index in [1.165, 1.54) is 28.6 Å². The molecule has 0 fully saturated rings. The number of benzene rings is 2. The quantitative estimate of drug-likeness (QED) is 0.579. The van der Waals surface area contributed by atoms with Gasteiger partial charge in [-0.3, -0.25) is 0 Å². The summed E-state index contributed by atoms with van der Waals surface area (Å²) in [6.45, 7) is 2.51. The Morgan fingerprint density at radius 2 is 1.96 bits per heavy atom. The molecule has 7 heteroatoms. The Morgan fingerprint density at radius 3 is 2.70 bits per heavy atom. The summed E-state index contributed by atoms with van der Waals surface area (Å²) in [6.07, 6.45) is -4.72. The summed E-state index contributed by atoms with van der Waals surface area (Å²) in [4.78, 5) is 1.21. The first-order valence-electron chi connectivity index (χ1n) is 8.33. The fraction of sp³-hybridized carbons (Fsp3) is 0.200. The van der Waals surface area contributed by atoms with Crippen LogP contribution in [0.4, 0.5) is 18.9 Å². The summed E-state index contributed by atoms with van der Waals surface area (Å²) in [5.74, 6) is 0.376. The maximum atomic E-state index is 12.5. The molecule has 2 heterocycles.